The van der Waals surface area contributed by atoms with E-state index in [4.69, 9.17) is 8.85 Å². The van der Waals surface area contributed by atoms with Gasteiger partial charge >= 0.3 is 0 Å². The number of rotatable bonds is 11. The summed E-state index contributed by atoms with van der Waals surface area (Å²) in [6.45, 7) is 35.9. The van der Waals surface area contributed by atoms with Gasteiger partial charge < -0.3 is 14.0 Å². The normalized spacial score (nSPS) is 33.5. The van der Waals surface area contributed by atoms with Gasteiger partial charge in [0.15, 0.2) is 16.6 Å². The summed E-state index contributed by atoms with van der Waals surface area (Å²) in [5.41, 5.74) is 5.12. The fourth-order valence-corrected chi connectivity index (χ4v) is 13.0. The molecule has 1 unspecified atom stereocenters. The lowest BCUT2D eigenvalue weighted by atomic mass is 9.49. The van der Waals surface area contributed by atoms with Crippen LogP contribution in [-0.2, 0) is 8.85 Å². The molecule has 1 N–H and O–H groups in total. The summed E-state index contributed by atoms with van der Waals surface area (Å²) >= 11 is 1.98. The second-order valence-corrected chi connectivity index (χ2v) is 29.9. The highest BCUT2D eigenvalue weighted by molar-refractivity contribution is 8.00. The topological polar surface area (TPSA) is 38.7 Å². The molecule has 6 heteroatoms. The molecule has 46 heavy (non-hydrogen) atoms. The Hall–Kier alpha value is -0.116. The van der Waals surface area contributed by atoms with Gasteiger partial charge in [-0.15, -0.1) is 0 Å². The molecule has 0 spiro atoms. The van der Waals surface area contributed by atoms with Crippen LogP contribution < -0.4 is 0 Å². The molecule has 0 saturated heterocycles. The van der Waals surface area contributed by atoms with E-state index in [2.05, 4.69) is 121 Å². The summed E-state index contributed by atoms with van der Waals surface area (Å²) in [5, 5.41) is 11.7. The Morgan fingerprint density at radius 2 is 1.52 bits per heavy atom. The van der Waals surface area contributed by atoms with Gasteiger partial charge in [-0.1, -0.05) is 117 Å². The van der Waals surface area contributed by atoms with Gasteiger partial charge in [0, 0.05) is 16.4 Å². The third kappa shape index (κ3) is 7.06. The van der Waals surface area contributed by atoms with E-state index in [1.807, 2.05) is 11.8 Å². The molecule has 4 aliphatic carbocycles. The van der Waals surface area contributed by atoms with Crippen molar-refractivity contribution < 1.29 is 14.0 Å². The van der Waals surface area contributed by atoms with Crippen molar-refractivity contribution in [1.29, 1.82) is 0 Å². The van der Waals surface area contributed by atoms with Crippen LogP contribution in [-0.4, -0.2) is 51.1 Å². The average Bonchev–Trinajstić information content (AvgIpc) is 3.29. The highest BCUT2D eigenvalue weighted by Gasteiger charge is 2.59. The molecule has 0 radical (unpaired) electrons. The quantitative estimate of drug-likeness (QED) is 0.173. The molecule has 0 aromatic carbocycles. The van der Waals surface area contributed by atoms with E-state index in [-0.39, 0.29) is 39.2 Å². The molecule has 0 aliphatic heterocycles. The Labute approximate surface area is 291 Å². The molecule has 8 atom stereocenters. The third-order valence-corrected chi connectivity index (χ3v) is 24.6. The molecule has 3 nitrogen and oxygen atoms in total. The van der Waals surface area contributed by atoms with Crippen molar-refractivity contribution >= 4 is 28.4 Å². The monoisotopic (exact) mass is 688 g/mol. The van der Waals surface area contributed by atoms with E-state index < -0.39 is 16.6 Å². The summed E-state index contributed by atoms with van der Waals surface area (Å²) in [6, 6.07) is 0. The number of hydrogen-bond acceptors (Lipinski definition) is 4. The largest absolute Gasteiger partial charge is 0.414 e. The second kappa shape index (κ2) is 13.5. The Balaban J connectivity index is 1.63. The summed E-state index contributed by atoms with van der Waals surface area (Å²) in [5.74, 6) is 2.35. The molecule has 0 heterocycles. The molecular formula is C40H72O3SSi2. The van der Waals surface area contributed by atoms with Crippen LogP contribution in [0, 0.1) is 28.6 Å². The third-order valence-electron chi connectivity index (χ3n) is 14.3. The number of hydrogen-bond donors (Lipinski definition) is 1. The van der Waals surface area contributed by atoms with Crippen molar-refractivity contribution in [2.24, 2.45) is 28.6 Å². The van der Waals surface area contributed by atoms with E-state index in [1.165, 1.54) is 12.8 Å². The first-order valence-corrected chi connectivity index (χ1v) is 25.7. The van der Waals surface area contributed by atoms with Crippen LogP contribution in [0.25, 0.3) is 0 Å². The fraction of sp³-hybridized carbons (Fsp3) is 0.850. The van der Waals surface area contributed by atoms with Crippen LogP contribution in [0.2, 0.25) is 36.3 Å². The minimum Gasteiger partial charge on any atom is -0.414 e. The first kappa shape index (κ1) is 38.7. The van der Waals surface area contributed by atoms with Crippen molar-refractivity contribution in [3.8, 4) is 0 Å². The Morgan fingerprint density at radius 3 is 2.09 bits per heavy atom. The van der Waals surface area contributed by atoms with Gasteiger partial charge in [0.1, 0.15) is 0 Å². The molecular weight excluding hydrogens is 617 g/mol. The predicted molar refractivity (Wildman–Crippen MR) is 207 cm³/mol. The van der Waals surface area contributed by atoms with Crippen molar-refractivity contribution in [3.05, 3.63) is 34.9 Å². The predicted octanol–water partition coefficient (Wildman–Crippen LogP) is 11.7. The zero-order chi connectivity index (χ0) is 34.7. The van der Waals surface area contributed by atoms with Gasteiger partial charge in [-0.3, -0.25) is 0 Å². The lowest BCUT2D eigenvalue weighted by molar-refractivity contribution is -0.0386. The Kier molecular flexibility index (Phi) is 11.4. The SMILES string of the molecule is CCC(CC)[C@H](O)CSC(C)C1=CC[C@H]2C3=CC=C4C[C@@H](O[Si](C)(C)C(C)(C)C)C[C@H](O[Si](C)(C)C(C)(C)C)[C@]4(C)[C@H]3CC[C@]12C. The molecule has 0 aromatic heterocycles. The molecule has 0 aromatic rings. The minimum absolute atomic E-state index is 0.0107. The van der Waals surface area contributed by atoms with E-state index in [9.17, 15) is 5.11 Å². The van der Waals surface area contributed by atoms with E-state index >= 15 is 0 Å². The first-order chi connectivity index (χ1) is 21.0. The molecule has 2 saturated carbocycles. The summed E-state index contributed by atoms with van der Waals surface area (Å²) in [4.78, 5) is 0. The smallest absolute Gasteiger partial charge is 0.192 e. The zero-order valence-corrected chi connectivity index (χ0v) is 35.4. The molecule has 4 rings (SSSR count). The van der Waals surface area contributed by atoms with E-state index in [0.29, 0.717) is 23.0 Å². The molecule has 2 fully saturated rings. The van der Waals surface area contributed by atoms with Crippen LogP contribution in [0.4, 0.5) is 0 Å². The van der Waals surface area contributed by atoms with E-state index in [0.717, 1.165) is 37.9 Å². The average molecular weight is 689 g/mol. The molecule has 0 amide bonds. The highest BCUT2D eigenvalue weighted by Crippen LogP contribution is 2.65. The van der Waals surface area contributed by atoms with Gasteiger partial charge in [-0.05, 0) is 98.5 Å². The lowest BCUT2D eigenvalue weighted by Crippen LogP contribution is -2.58. The van der Waals surface area contributed by atoms with Gasteiger partial charge in [0.2, 0.25) is 0 Å². The Bertz CT molecular complexity index is 1190. The van der Waals surface area contributed by atoms with Gasteiger partial charge in [0.05, 0.1) is 18.3 Å². The molecule has 0 bridgehead atoms. The maximum atomic E-state index is 10.9. The first-order valence-electron chi connectivity index (χ1n) is 18.8. The minimum atomic E-state index is -2.02. The summed E-state index contributed by atoms with van der Waals surface area (Å²) in [7, 11) is -3.94. The van der Waals surface area contributed by atoms with Gasteiger partial charge in [0.25, 0.3) is 0 Å². The van der Waals surface area contributed by atoms with Crippen molar-refractivity contribution in [2.75, 3.05) is 5.75 Å². The van der Waals surface area contributed by atoms with Crippen LogP contribution in [0.5, 0.6) is 0 Å². The van der Waals surface area contributed by atoms with Crippen molar-refractivity contribution in [2.45, 2.75) is 181 Å². The van der Waals surface area contributed by atoms with Crippen molar-refractivity contribution in [1.82, 2.24) is 0 Å². The summed E-state index contributed by atoms with van der Waals surface area (Å²) < 4.78 is 14.7. The van der Waals surface area contributed by atoms with Crippen LogP contribution in [0.15, 0.2) is 34.9 Å². The fourth-order valence-electron chi connectivity index (χ4n) is 8.94. The van der Waals surface area contributed by atoms with Crippen molar-refractivity contribution in [3.63, 3.8) is 0 Å². The second-order valence-electron chi connectivity index (χ2n) is 19.0. The zero-order valence-electron chi connectivity index (χ0n) is 32.6. The lowest BCUT2D eigenvalue weighted by Gasteiger charge is -2.59. The molecule has 264 valence electrons. The van der Waals surface area contributed by atoms with E-state index in [1.54, 1.807) is 16.7 Å². The Morgan fingerprint density at radius 1 is 0.935 bits per heavy atom. The highest BCUT2D eigenvalue weighted by atomic mass is 32.2. The van der Waals surface area contributed by atoms with Gasteiger partial charge in [-0.25, -0.2) is 0 Å². The number of aliphatic hydroxyl groups excluding tert-OH is 1. The molecule has 4 aliphatic rings. The van der Waals surface area contributed by atoms with Crippen LogP contribution in [0.1, 0.15) is 121 Å². The van der Waals surface area contributed by atoms with Gasteiger partial charge in [-0.2, -0.15) is 11.8 Å². The standard InChI is InChI=1S/C40H72O3SSi2/c1-16-28(17-2)35(41)26-44-27(3)32-20-21-33-31-19-18-29-24-30(42-45(12,13)37(4,5)6)25-36(43-46(14,15)38(7,8)9)40(29,11)34(31)22-23-39(32,33)10/h18-20,27-28,30,33-36,41H,16-17,21-26H2,1-15H3/t27?,30-,33+,34+,35-,36+,39-,40+/m1/s1. The van der Waals surface area contributed by atoms with Crippen LogP contribution in [0.3, 0.4) is 0 Å². The number of fused-ring (bicyclic) bond motifs is 5. The van der Waals surface area contributed by atoms with Crippen LogP contribution >= 0.6 is 11.8 Å². The number of allylic oxidation sites excluding steroid dienone is 4. The maximum absolute atomic E-state index is 10.9. The maximum Gasteiger partial charge on any atom is 0.192 e. The number of aliphatic hydroxyl groups is 1. The summed E-state index contributed by atoms with van der Waals surface area (Å²) in [6.07, 6.45) is 15.7. The number of thioether (sulfide) groups is 1.